The molecule has 17 heavy (non-hydrogen) atoms. The van der Waals surface area contributed by atoms with Gasteiger partial charge in [0.2, 0.25) is 0 Å². The maximum absolute atomic E-state index is 6.13. The van der Waals surface area contributed by atoms with Gasteiger partial charge in [0.15, 0.2) is 0 Å². The molecule has 0 spiro atoms. The molecule has 3 nitrogen and oxygen atoms in total. The normalized spacial score (nSPS) is 11.6. The van der Waals surface area contributed by atoms with Gasteiger partial charge in [-0.2, -0.15) is 0 Å². The third kappa shape index (κ3) is 2.57. The Labute approximate surface area is 111 Å². The number of nitrogens with zero attached hydrogens (tertiary/aromatic N) is 3. The lowest BCUT2D eigenvalue weighted by Crippen LogP contribution is -2.19. The first kappa shape index (κ1) is 12.7. The van der Waals surface area contributed by atoms with Crippen LogP contribution in [-0.4, -0.2) is 35.1 Å². The van der Waals surface area contributed by atoms with Crippen molar-refractivity contribution in [1.29, 1.82) is 0 Å². The molecule has 0 saturated heterocycles. The standard InChI is InChI=1S/C12H15Cl2N3/c1-16(2)6-7-17-10-5-3-4-9(14)12(10)15-11(17)8-13/h3-5H,6-8H2,1-2H3. The van der Waals surface area contributed by atoms with Gasteiger partial charge in [0.05, 0.1) is 16.4 Å². The van der Waals surface area contributed by atoms with Crippen LogP contribution >= 0.6 is 23.2 Å². The summed E-state index contributed by atoms with van der Waals surface area (Å²) in [5.74, 6) is 1.27. The summed E-state index contributed by atoms with van der Waals surface area (Å²) in [6.45, 7) is 1.81. The molecule has 92 valence electrons. The first-order chi connectivity index (χ1) is 8.13. The highest BCUT2D eigenvalue weighted by Crippen LogP contribution is 2.24. The summed E-state index contributed by atoms with van der Waals surface area (Å²) in [4.78, 5) is 6.62. The molecule has 0 aliphatic rings. The van der Waals surface area contributed by atoms with E-state index in [0.29, 0.717) is 10.9 Å². The number of fused-ring (bicyclic) bond motifs is 1. The van der Waals surface area contributed by atoms with E-state index < -0.39 is 0 Å². The van der Waals surface area contributed by atoms with Crippen molar-refractivity contribution in [2.75, 3.05) is 20.6 Å². The van der Waals surface area contributed by atoms with Crippen LogP contribution < -0.4 is 0 Å². The molecule has 1 aromatic heterocycles. The van der Waals surface area contributed by atoms with E-state index in [2.05, 4.69) is 14.5 Å². The molecule has 0 fully saturated rings. The van der Waals surface area contributed by atoms with Gasteiger partial charge >= 0.3 is 0 Å². The summed E-state index contributed by atoms with van der Waals surface area (Å²) in [6.07, 6.45) is 0. The van der Waals surface area contributed by atoms with Gasteiger partial charge < -0.3 is 9.47 Å². The lowest BCUT2D eigenvalue weighted by Gasteiger charge is -2.12. The molecule has 0 unspecified atom stereocenters. The molecule has 0 aliphatic heterocycles. The lowest BCUT2D eigenvalue weighted by molar-refractivity contribution is 0.384. The van der Waals surface area contributed by atoms with Gasteiger partial charge in [0.25, 0.3) is 0 Å². The Morgan fingerprint density at radius 2 is 2.12 bits per heavy atom. The largest absolute Gasteiger partial charge is 0.326 e. The summed E-state index contributed by atoms with van der Waals surface area (Å²) in [6, 6.07) is 5.82. The van der Waals surface area contributed by atoms with E-state index in [-0.39, 0.29) is 0 Å². The molecule has 5 heteroatoms. The minimum atomic E-state index is 0.401. The molecule has 2 aromatic rings. The molecule has 1 aromatic carbocycles. The highest BCUT2D eigenvalue weighted by Gasteiger charge is 2.11. The lowest BCUT2D eigenvalue weighted by atomic mass is 10.3. The zero-order chi connectivity index (χ0) is 12.4. The van der Waals surface area contributed by atoms with Crippen molar-refractivity contribution in [2.24, 2.45) is 0 Å². The number of imidazole rings is 1. The molecule has 0 amide bonds. The Hall–Kier alpha value is -0.770. The topological polar surface area (TPSA) is 21.1 Å². The van der Waals surface area contributed by atoms with Crippen molar-refractivity contribution in [3.8, 4) is 0 Å². The Morgan fingerprint density at radius 1 is 1.35 bits per heavy atom. The van der Waals surface area contributed by atoms with E-state index in [1.165, 1.54) is 0 Å². The van der Waals surface area contributed by atoms with Crippen LogP contribution in [0.1, 0.15) is 5.82 Å². The van der Waals surface area contributed by atoms with Crippen LogP contribution in [0.15, 0.2) is 18.2 Å². The molecule has 0 aliphatic carbocycles. The minimum absolute atomic E-state index is 0.401. The molecule has 2 rings (SSSR count). The maximum Gasteiger partial charge on any atom is 0.124 e. The molecule has 0 saturated carbocycles. The van der Waals surface area contributed by atoms with Gasteiger partial charge in [-0.25, -0.2) is 4.98 Å². The molecular weight excluding hydrogens is 257 g/mol. The van der Waals surface area contributed by atoms with Crippen molar-refractivity contribution in [2.45, 2.75) is 12.4 Å². The van der Waals surface area contributed by atoms with Crippen LogP contribution in [0.25, 0.3) is 11.0 Å². The van der Waals surface area contributed by atoms with Crippen LogP contribution in [-0.2, 0) is 12.4 Å². The molecule has 0 atom stereocenters. The SMILES string of the molecule is CN(C)CCn1c(CCl)nc2c(Cl)cccc21. The number of para-hydroxylation sites is 1. The number of aromatic nitrogens is 2. The van der Waals surface area contributed by atoms with Crippen LogP contribution in [0, 0.1) is 0 Å². The number of halogens is 2. The zero-order valence-electron chi connectivity index (χ0n) is 9.95. The van der Waals surface area contributed by atoms with Crippen LogP contribution in [0.4, 0.5) is 0 Å². The second-order valence-corrected chi connectivity index (χ2v) is 4.90. The molecule has 0 bridgehead atoms. The predicted molar refractivity (Wildman–Crippen MR) is 72.9 cm³/mol. The second-order valence-electron chi connectivity index (χ2n) is 4.22. The van der Waals surface area contributed by atoms with Crippen LogP contribution in [0.2, 0.25) is 5.02 Å². The number of benzene rings is 1. The van der Waals surface area contributed by atoms with Gasteiger partial charge in [0, 0.05) is 13.1 Å². The average Bonchev–Trinajstić information content (AvgIpc) is 2.66. The molecule has 1 heterocycles. The van der Waals surface area contributed by atoms with E-state index in [0.717, 1.165) is 29.9 Å². The maximum atomic E-state index is 6.13. The Kier molecular flexibility index (Phi) is 3.92. The van der Waals surface area contributed by atoms with E-state index in [9.17, 15) is 0 Å². The van der Waals surface area contributed by atoms with Crippen LogP contribution in [0.5, 0.6) is 0 Å². The van der Waals surface area contributed by atoms with Gasteiger partial charge in [-0.05, 0) is 26.2 Å². The van der Waals surface area contributed by atoms with Crippen molar-refractivity contribution in [3.63, 3.8) is 0 Å². The average molecular weight is 272 g/mol. The monoisotopic (exact) mass is 271 g/mol. The summed E-state index contributed by atoms with van der Waals surface area (Å²) in [7, 11) is 4.10. The smallest absolute Gasteiger partial charge is 0.124 e. The van der Waals surface area contributed by atoms with Crippen molar-refractivity contribution < 1.29 is 0 Å². The first-order valence-corrected chi connectivity index (χ1v) is 6.39. The third-order valence-corrected chi connectivity index (χ3v) is 3.24. The van der Waals surface area contributed by atoms with Crippen molar-refractivity contribution in [3.05, 3.63) is 29.0 Å². The van der Waals surface area contributed by atoms with Crippen LogP contribution in [0.3, 0.4) is 0 Å². The molecule has 0 radical (unpaired) electrons. The number of likely N-dealkylation sites (N-methyl/N-ethyl adjacent to an activating group) is 1. The third-order valence-electron chi connectivity index (χ3n) is 2.70. The number of hydrogen-bond donors (Lipinski definition) is 0. The van der Waals surface area contributed by atoms with Crippen molar-refractivity contribution in [1.82, 2.24) is 14.5 Å². The number of alkyl halides is 1. The Bertz CT molecular complexity index is 520. The summed E-state index contributed by atoms with van der Waals surface area (Å²) < 4.78 is 2.13. The second kappa shape index (κ2) is 5.25. The quantitative estimate of drug-likeness (QED) is 0.798. The minimum Gasteiger partial charge on any atom is -0.326 e. The fourth-order valence-electron chi connectivity index (χ4n) is 1.81. The van der Waals surface area contributed by atoms with Gasteiger partial charge in [-0.3, -0.25) is 0 Å². The Morgan fingerprint density at radius 3 is 2.76 bits per heavy atom. The Balaban J connectivity index is 2.47. The van der Waals surface area contributed by atoms with E-state index in [1.54, 1.807) is 0 Å². The first-order valence-electron chi connectivity index (χ1n) is 5.48. The van der Waals surface area contributed by atoms with Gasteiger partial charge in [0.1, 0.15) is 11.3 Å². The number of rotatable bonds is 4. The van der Waals surface area contributed by atoms with E-state index in [1.807, 2.05) is 32.3 Å². The fourth-order valence-corrected chi connectivity index (χ4v) is 2.23. The van der Waals surface area contributed by atoms with E-state index >= 15 is 0 Å². The highest BCUT2D eigenvalue weighted by molar-refractivity contribution is 6.34. The molecule has 0 N–H and O–H groups in total. The summed E-state index contributed by atoms with van der Waals surface area (Å²) in [5, 5.41) is 0.678. The number of hydrogen-bond acceptors (Lipinski definition) is 2. The molecular formula is C12H15Cl2N3. The van der Waals surface area contributed by atoms with Gasteiger partial charge in [-0.1, -0.05) is 17.7 Å². The zero-order valence-corrected chi connectivity index (χ0v) is 11.5. The summed E-state index contributed by atoms with van der Waals surface area (Å²) in [5.41, 5.74) is 1.89. The predicted octanol–water partition coefficient (Wildman–Crippen LogP) is 2.99. The van der Waals surface area contributed by atoms with Gasteiger partial charge in [-0.15, -0.1) is 11.6 Å². The highest BCUT2D eigenvalue weighted by atomic mass is 35.5. The van der Waals surface area contributed by atoms with Crippen molar-refractivity contribution >= 4 is 34.2 Å². The fraction of sp³-hybridized carbons (Fsp3) is 0.417. The van der Waals surface area contributed by atoms with E-state index in [4.69, 9.17) is 23.2 Å². The summed E-state index contributed by atoms with van der Waals surface area (Å²) >= 11 is 12.1.